The van der Waals surface area contributed by atoms with E-state index in [2.05, 4.69) is 146 Å². The second-order valence-electron chi connectivity index (χ2n) is 8.36. The maximum Gasteiger partial charge on any atom is -0.0105 e. The summed E-state index contributed by atoms with van der Waals surface area (Å²) in [6.07, 6.45) is 2.29. The Labute approximate surface area is 196 Å². The van der Waals surface area contributed by atoms with Crippen LogP contribution in [0, 0.1) is 6.92 Å². The summed E-state index contributed by atoms with van der Waals surface area (Å²) in [7, 11) is 0. The summed E-state index contributed by atoms with van der Waals surface area (Å²) in [6.45, 7) is 2.12. The zero-order valence-corrected chi connectivity index (χ0v) is 18.8. The van der Waals surface area contributed by atoms with E-state index in [1.807, 2.05) is 0 Å². The fourth-order valence-corrected chi connectivity index (χ4v) is 4.11. The molecule has 0 aliphatic rings. The molecule has 0 fully saturated rings. The van der Waals surface area contributed by atoms with Gasteiger partial charge in [0, 0.05) is 0 Å². The summed E-state index contributed by atoms with van der Waals surface area (Å²) in [5, 5.41) is 0. The van der Waals surface area contributed by atoms with Crippen molar-refractivity contribution < 1.29 is 0 Å². The first-order chi connectivity index (χ1) is 16.3. The lowest BCUT2D eigenvalue weighted by molar-refractivity contribution is 1.46. The van der Waals surface area contributed by atoms with Gasteiger partial charge in [0.1, 0.15) is 0 Å². The molecule has 0 heterocycles. The average molecular weight is 423 g/mol. The Bertz CT molecular complexity index is 1260. The van der Waals surface area contributed by atoms with Crippen LogP contribution in [0.5, 0.6) is 0 Å². The lowest BCUT2D eigenvalue weighted by Crippen LogP contribution is -1.90. The van der Waals surface area contributed by atoms with Crippen molar-refractivity contribution in [3.05, 3.63) is 156 Å². The van der Waals surface area contributed by atoms with Gasteiger partial charge >= 0.3 is 0 Å². The molecule has 0 aliphatic heterocycles. The van der Waals surface area contributed by atoms with E-state index in [1.54, 1.807) is 0 Å². The van der Waals surface area contributed by atoms with E-state index < -0.39 is 0 Å². The Kier molecular flexibility index (Phi) is 5.99. The van der Waals surface area contributed by atoms with Gasteiger partial charge in [0.05, 0.1) is 0 Å². The number of benzene rings is 5. The lowest BCUT2D eigenvalue weighted by atomic mass is 9.92. The molecule has 0 saturated heterocycles. The van der Waals surface area contributed by atoms with Crippen LogP contribution >= 0.6 is 0 Å². The lowest BCUT2D eigenvalue weighted by Gasteiger charge is -2.12. The Morgan fingerprint density at radius 1 is 0.424 bits per heavy atom. The van der Waals surface area contributed by atoms with E-state index in [0.29, 0.717) is 0 Å². The maximum atomic E-state index is 2.29. The number of aryl methyl sites for hydroxylation is 1. The van der Waals surface area contributed by atoms with E-state index >= 15 is 0 Å². The summed E-state index contributed by atoms with van der Waals surface area (Å²) < 4.78 is 0. The second-order valence-corrected chi connectivity index (χ2v) is 8.36. The van der Waals surface area contributed by atoms with Crippen LogP contribution in [-0.4, -0.2) is 0 Å². The first-order valence-electron chi connectivity index (χ1n) is 11.4. The topological polar surface area (TPSA) is 0 Å². The Balaban J connectivity index is 1.54. The van der Waals surface area contributed by atoms with E-state index in [4.69, 9.17) is 0 Å². The molecule has 33 heavy (non-hydrogen) atoms. The van der Waals surface area contributed by atoms with E-state index in [0.717, 1.165) is 0 Å². The Morgan fingerprint density at radius 3 is 1.24 bits per heavy atom. The van der Waals surface area contributed by atoms with Gasteiger partial charge in [-0.05, 0) is 57.5 Å². The van der Waals surface area contributed by atoms with Crippen molar-refractivity contribution in [1.29, 1.82) is 0 Å². The van der Waals surface area contributed by atoms with E-state index in [9.17, 15) is 0 Å². The van der Waals surface area contributed by atoms with Gasteiger partial charge in [-0.3, -0.25) is 0 Å². The van der Waals surface area contributed by atoms with Crippen LogP contribution in [0.15, 0.2) is 133 Å². The molecule has 5 rings (SSSR count). The third-order valence-electron chi connectivity index (χ3n) is 5.99. The van der Waals surface area contributed by atoms with Crippen molar-refractivity contribution in [2.24, 2.45) is 0 Å². The van der Waals surface area contributed by atoms with Crippen molar-refractivity contribution >= 4 is 11.6 Å². The monoisotopic (exact) mass is 422 g/mol. The highest BCUT2D eigenvalue weighted by Gasteiger charge is 2.08. The third-order valence-corrected chi connectivity index (χ3v) is 5.99. The minimum absolute atomic E-state index is 1.20. The van der Waals surface area contributed by atoms with Gasteiger partial charge in [-0.15, -0.1) is 0 Å². The van der Waals surface area contributed by atoms with Gasteiger partial charge in [-0.25, -0.2) is 0 Å². The van der Waals surface area contributed by atoms with Crippen LogP contribution in [0.25, 0.3) is 33.9 Å². The molecule has 0 heteroatoms. The Hall–Kier alpha value is -4.16. The summed E-state index contributed by atoms with van der Waals surface area (Å²) in [5.74, 6) is 0. The van der Waals surface area contributed by atoms with Gasteiger partial charge in [-0.1, -0.05) is 139 Å². The van der Waals surface area contributed by atoms with Crippen LogP contribution in [0.3, 0.4) is 0 Å². The predicted octanol–water partition coefficient (Wildman–Crippen LogP) is 8.92. The molecule has 0 aromatic heterocycles. The summed E-state index contributed by atoms with van der Waals surface area (Å²) >= 11 is 0. The largest absolute Gasteiger partial charge is 0.0622 e. The minimum Gasteiger partial charge on any atom is -0.0622 e. The fourth-order valence-electron chi connectivity index (χ4n) is 4.11. The predicted molar refractivity (Wildman–Crippen MR) is 142 cm³/mol. The second kappa shape index (κ2) is 9.54. The zero-order valence-electron chi connectivity index (χ0n) is 18.8. The molecule has 0 bridgehead atoms. The molecule has 0 N–H and O–H groups in total. The van der Waals surface area contributed by atoms with Crippen molar-refractivity contribution in [1.82, 2.24) is 0 Å². The highest BCUT2D eigenvalue weighted by atomic mass is 14.1. The van der Waals surface area contributed by atoms with Crippen LogP contribution in [0.2, 0.25) is 0 Å². The highest BCUT2D eigenvalue weighted by molar-refractivity contribution is 5.92. The summed E-state index contributed by atoms with van der Waals surface area (Å²) in [5.41, 5.74) is 11.1. The number of rotatable bonds is 5. The molecule has 0 spiro atoms. The quantitative estimate of drug-likeness (QED) is 0.248. The van der Waals surface area contributed by atoms with Crippen LogP contribution in [0.4, 0.5) is 0 Å². The highest BCUT2D eigenvalue weighted by Crippen LogP contribution is 2.30. The van der Waals surface area contributed by atoms with Crippen LogP contribution < -0.4 is 0 Å². The molecule has 5 aromatic carbocycles. The Morgan fingerprint density at radius 2 is 0.818 bits per heavy atom. The zero-order chi connectivity index (χ0) is 22.5. The van der Waals surface area contributed by atoms with E-state index in [1.165, 1.54) is 50.1 Å². The van der Waals surface area contributed by atoms with Gasteiger partial charge in [0.2, 0.25) is 0 Å². The molecule has 0 nitrogen and oxygen atoms in total. The van der Waals surface area contributed by atoms with Crippen molar-refractivity contribution in [3.8, 4) is 22.3 Å². The molecule has 5 aromatic rings. The summed E-state index contributed by atoms with van der Waals surface area (Å²) in [6, 6.07) is 47.5. The normalized spacial score (nSPS) is 10.6. The molecule has 0 aliphatic carbocycles. The average Bonchev–Trinajstić information content (AvgIpc) is 2.90. The standard InChI is InChI=1S/C33H26/c1-25-12-14-26(15-13-25)24-33(31-20-16-29(17-21-31)27-8-4-2-5-9-27)32-22-18-30(19-23-32)28-10-6-3-7-11-28/h2-24H,1H3. The number of hydrogen-bond acceptors (Lipinski definition) is 0. The molecule has 0 amide bonds. The molecule has 0 unspecified atom stereocenters. The van der Waals surface area contributed by atoms with Gasteiger partial charge in [-0.2, -0.15) is 0 Å². The van der Waals surface area contributed by atoms with Gasteiger partial charge in [0.15, 0.2) is 0 Å². The van der Waals surface area contributed by atoms with E-state index in [-0.39, 0.29) is 0 Å². The van der Waals surface area contributed by atoms with Crippen LogP contribution in [-0.2, 0) is 0 Å². The molecule has 158 valence electrons. The SMILES string of the molecule is Cc1ccc(C=C(c2ccc(-c3ccccc3)cc2)c2ccc(-c3ccccc3)cc2)cc1. The van der Waals surface area contributed by atoms with Gasteiger partial charge < -0.3 is 0 Å². The minimum atomic E-state index is 1.20. The fraction of sp³-hybridized carbons (Fsp3) is 0.0303. The van der Waals surface area contributed by atoms with Gasteiger partial charge in [0.25, 0.3) is 0 Å². The van der Waals surface area contributed by atoms with Crippen LogP contribution in [0.1, 0.15) is 22.3 Å². The first kappa shape index (κ1) is 20.7. The molecular weight excluding hydrogens is 396 g/mol. The van der Waals surface area contributed by atoms with Crippen molar-refractivity contribution in [2.75, 3.05) is 0 Å². The van der Waals surface area contributed by atoms with Crippen molar-refractivity contribution in [3.63, 3.8) is 0 Å². The van der Waals surface area contributed by atoms with Crippen molar-refractivity contribution in [2.45, 2.75) is 6.92 Å². The first-order valence-corrected chi connectivity index (χ1v) is 11.4. The summed E-state index contributed by atoms with van der Waals surface area (Å²) in [4.78, 5) is 0. The molecule has 0 atom stereocenters. The third kappa shape index (κ3) is 4.86. The molecular formula is C33H26. The number of hydrogen-bond donors (Lipinski definition) is 0. The maximum absolute atomic E-state index is 2.29. The molecule has 0 radical (unpaired) electrons. The smallest absolute Gasteiger partial charge is 0.0105 e. The molecule has 0 saturated carbocycles.